The number of rotatable bonds is 2. The molecule has 0 heterocycles. The Morgan fingerprint density at radius 2 is 2.10 bits per heavy atom. The molecule has 4 nitrogen and oxygen atoms in total. The Hall–Kier alpha value is -0.630. The highest BCUT2D eigenvalue weighted by molar-refractivity contribution is 4.69. The lowest BCUT2D eigenvalue weighted by Crippen LogP contribution is -3.12. The Balaban J connectivity index is 4.12. The second kappa shape index (κ2) is 3.52. The van der Waals surface area contributed by atoms with Crippen LogP contribution >= 0.6 is 0 Å². The summed E-state index contributed by atoms with van der Waals surface area (Å²) in [6.45, 7) is 3.35. The fourth-order valence-electron chi connectivity index (χ4n) is 0.329. The first-order valence-electron chi connectivity index (χ1n) is 2.99. The minimum absolute atomic E-state index is 0.238. The molecule has 4 heteroatoms. The van der Waals surface area contributed by atoms with Crippen molar-refractivity contribution in [2.45, 2.75) is 19.6 Å². The molecule has 0 bridgehead atoms. The van der Waals surface area contributed by atoms with Crippen molar-refractivity contribution in [1.82, 2.24) is 0 Å². The number of nitrogens with zero attached hydrogens (tertiary/aromatic N) is 1. The smallest absolute Gasteiger partial charge is 0.525 e. The average Bonchev–Trinajstić information content (AvgIpc) is 1.89. The molecule has 0 aromatic heterocycles. The summed E-state index contributed by atoms with van der Waals surface area (Å²) in [7, 11) is 2.98. The third kappa shape index (κ3) is 2.31. The van der Waals surface area contributed by atoms with Crippen LogP contribution in [0.5, 0.6) is 0 Å². The predicted molar refractivity (Wildman–Crippen MR) is 38.6 cm³/mol. The third-order valence-corrected chi connectivity index (χ3v) is 1.27. The molecule has 0 aliphatic heterocycles. The van der Waals surface area contributed by atoms with E-state index >= 15 is 0 Å². The van der Waals surface area contributed by atoms with Gasteiger partial charge in [0, 0.05) is 21.0 Å². The maximum absolute atomic E-state index is 11.0. The maximum Gasteiger partial charge on any atom is 0.525 e. The minimum atomic E-state index is -0.792. The molecule has 0 aromatic rings. The molecule has 0 saturated heterocycles. The molecule has 0 spiro atoms. The zero-order chi connectivity index (χ0) is 8.20. The van der Waals surface area contributed by atoms with Gasteiger partial charge in [-0.2, -0.15) is 0 Å². The molecule has 0 rings (SSSR count). The molecule has 10 heavy (non-hydrogen) atoms. The quantitative estimate of drug-likeness (QED) is 0.328. The summed E-state index contributed by atoms with van der Waals surface area (Å²) in [5.41, 5.74) is -0.792. The Bertz CT molecular complexity index is 157. The van der Waals surface area contributed by atoms with Crippen LogP contribution in [0.2, 0.25) is 0 Å². The summed E-state index contributed by atoms with van der Waals surface area (Å²) in [6.07, 6.45) is 2.30. The normalized spacial score (nSPS) is 13.7. The van der Waals surface area contributed by atoms with Crippen molar-refractivity contribution in [1.29, 1.82) is 0 Å². The van der Waals surface area contributed by atoms with E-state index in [-0.39, 0.29) is 5.06 Å². The molecule has 0 saturated carbocycles. The minimum Gasteiger partial charge on any atom is -0.614 e. The van der Waals surface area contributed by atoms with Crippen LogP contribution in [-0.2, 0) is 4.74 Å². The van der Waals surface area contributed by atoms with E-state index in [4.69, 9.17) is 4.74 Å². The Morgan fingerprint density at radius 1 is 1.60 bits per heavy atom. The van der Waals surface area contributed by atoms with Crippen molar-refractivity contribution in [3.8, 4) is 6.19 Å². The van der Waals surface area contributed by atoms with Crippen molar-refractivity contribution >= 4 is 0 Å². The van der Waals surface area contributed by atoms with Gasteiger partial charge in [-0.15, -0.1) is 0 Å². The number of methoxy groups -OCH3 is 1. The van der Waals surface area contributed by atoms with Crippen molar-refractivity contribution < 1.29 is 9.80 Å². The van der Waals surface area contributed by atoms with E-state index in [9.17, 15) is 5.21 Å². The van der Waals surface area contributed by atoms with Crippen LogP contribution in [0, 0.1) is 11.4 Å². The Kier molecular flexibility index (Phi) is 3.30. The highest BCUT2D eigenvalue weighted by Crippen LogP contribution is 1.93. The van der Waals surface area contributed by atoms with E-state index in [0.717, 1.165) is 0 Å². The summed E-state index contributed by atoms with van der Waals surface area (Å²) in [5.74, 6) is 0. The van der Waals surface area contributed by atoms with Gasteiger partial charge in [0.15, 0.2) is 0 Å². The molecule has 0 radical (unpaired) electrons. The maximum atomic E-state index is 11.0. The van der Waals surface area contributed by atoms with Crippen LogP contribution in [0.1, 0.15) is 13.8 Å². The van der Waals surface area contributed by atoms with Gasteiger partial charge in [-0.1, -0.05) is 0 Å². The van der Waals surface area contributed by atoms with Gasteiger partial charge >= 0.3 is 6.19 Å². The second-order valence-corrected chi connectivity index (χ2v) is 2.38. The fraction of sp³-hybridized carbons (Fsp3) is 0.833. The van der Waals surface area contributed by atoms with E-state index < -0.39 is 5.72 Å². The molecule has 1 atom stereocenters. The monoisotopic (exact) mass is 145 g/mol. The predicted octanol–water partition coefficient (Wildman–Crippen LogP) is -0.328. The molecule has 0 fully saturated rings. The third-order valence-electron chi connectivity index (χ3n) is 1.27. The molecule has 0 aliphatic carbocycles. The Labute approximate surface area is 60.8 Å². The van der Waals surface area contributed by atoms with Gasteiger partial charge in [0.05, 0.1) is 0 Å². The topological polar surface area (TPSA) is 41.1 Å². The average molecular weight is 145 g/mol. The van der Waals surface area contributed by atoms with Crippen LogP contribution in [0.25, 0.3) is 4.85 Å². The van der Waals surface area contributed by atoms with Gasteiger partial charge in [-0.25, -0.2) is 5.06 Å². The zero-order valence-electron chi connectivity index (χ0n) is 6.76. The summed E-state index contributed by atoms with van der Waals surface area (Å²) in [5, 5.41) is 10.7. The van der Waals surface area contributed by atoms with Gasteiger partial charge in [0.1, 0.15) is 0 Å². The molecule has 1 unspecified atom stereocenters. The summed E-state index contributed by atoms with van der Waals surface area (Å²) < 4.78 is 4.88. The van der Waals surface area contributed by atoms with Gasteiger partial charge in [-0.05, 0) is 4.85 Å². The largest absolute Gasteiger partial charge is 0.614 e. The highest BCUT2D eigenvalue weighted by Gasteiger charge is 2.26. The van der Waals surface area contributed by atoms with Crippen molar-refractivity contribution in [3.05, 3.63) is 10.1 Å². The lowest BCUT2D eigenvalue weighted by molar-refractivity contribution is -0.865. The summed E-state index contributed by atoms with van der Waals surface area (Å²) in [6, 6.07) is 0. The van der Waals surface area contributed by atoms with Crippen LogP contribution in [0.3, 0.4) is 0 Å². The highest BCUT2D eigenvalue weighted by atomic mass is 16.6. The van der Waals surface area contributed by atoms with Crippen LogP contribution in [0.4, 0.5) is 0 Å². The molecule has 1 N–H and O–H groups in total. The van der Waals surface area contributed by atoms with Gasteiger partial charge < -0.3 is 9.94 Å². The number of hydroxylamine groups is 2. The van der Waals surface area contributed by atoms with Crippen molar-refractivity contribution in [2.75, 3.05) is 14.2 Å². The first-order valence-corrected chi connectivity index (χ1v) is 2.99. The summed E-state index contributed by atoms with van der Waals surface area (Å²) >= 11 is 0. The van der Waals surface area contributed by atoms with Crippen molar-refractivity contribution in [2.24, 2.45) is 0 Å². The zero-order valence-corrected chi connectivity index (χ0v) is 6.76. The van der Waals surface area contributed by atoms with Gasteiger partial charge in [0.25, 0.3) is 7.05 Å². The lowest BCUT2D eigenvalue weighted by Gasteiger charge is -2.26. The number of hydrogen-bond donors (Lipinski definition) is 1. The van der Waals surface area contributed by atoms with Gasteiger partial charge in [0.2, 0.25) is 5.72 Å². The fourth-order valence-corrected chi connectivity index (χ4v) is 0.329. The second-order valence-electron chi connectivity index (χ2n) is 2.38. The van der Waals surface area contributed by atoms with Crippen LogP contribution < -0.4 is 5.06 Å². The van der Waals surface area contributed by atoms with E-state index in [1.165, 1.54) is 14.2 Å². The standard InChI is InChI=1S/C6H13N2O2/c1-6(2,10-4)8(9)5-7-3/h8H,1-4H3/q+1. The molecule has 58 valence electrons. The number of nitrogens with one attached hydrogen (secondary N) is 1. The lowest BCUT2D eigenvalue weighted by atomic mass is 10.3. The summed E-state index contributed by atoms with van der Waals surface area (Å²) in [4.78, 5) is 3.47. The number of hydrogen-bond acceptors (Lipinski definition) is 2. The SMILES string of the molecule is C[N+]#C[NH+]([O-])C(C)(C)OC. The molecular weight excluding hydrogens is 132 g/mol. The molecule has 0 amide bonds. The van der Waals surface area contributed by atoms with Gasteiger partial charge in [-0.3, -0.25) is 0 Å². The Morgan fingerprint density at radius 3 is 2.40 bits per heavy atom. The molecule has 0 aromatic carbocycles. The van der Waals surface area contributed by atoms with Crippen molar-refractivity contribution in [3.63, 3.8) is 0 Å². The van der Waals surface area contributed by atoms with E-state index in [2.05, 4.69) is 11.0 Å². The number of quaternary nitrogens is 1. The molecular formula is C6H13N2O2+. The molecule has 0 aliphatic rings. The van der Waals surface area contributed by atoms with Crippen LogP contribution in [0.15, 0.2) is 0 Å². The van der Waals surface area contributed by atoms with Crippen LogP contribution in [-0.4, -0.2) is 19.9 Å². The first kappa shape index (κ1) is 9.37. The van der Waals surface area contributed by atoms with E-state index in [1.807, 2.05) is 0 Å². The first-order chi connectivity index (χ1) is 4.54. The van der Waals surface area contributed by atoms with E-state index in [0.29, 0.717) is 0 Å². The number of ether oxygens (including phenoxy) is 1. The van der Waals surface area contributed by atoms with E-state index in [1.54, 1.807) is 13.8 Å².